The van der Waals surface area contributed by atoms with E-state index in [-0.39, 0.29) is 5.82 Å². The molecular formula is C11H11FN2O. The van der Waals surface area contributed by atoms with Crippen LogP contribution in [0.5, 0.6) is 5.75 Å². The largest absolute Gasteiger partial charge is 0.496 e. The van der Waals surface area contributed by atoms with Gasteiger partial charge in [0.15, 0.2) is 0 Å². The van der Waals surface area contributed by atoms with Crippen LogP contribution in [0.1, 0.15) is 0 Å². The van der Waals surface area contributed by atoms with Crippen molar-refractivity contribution in [3.8, 4) is 5.75 Å². The Kier molecular flexibility index (Phi) is 2.41. The third-order valence-electron chi connectivity index (χ3n) is 2.29. The van der Waals surface area contributed by atoms with E-state index in [0.29, 0.717) is 16.7 Å². The first-order valence-electron chi connectivity index (χ1n) is 4.57. The van der Waals surface area contributed by atoms with Crippen LogP contribution in [0.15, 0.2) is 24.4 Å². The summed E-state index contributed by atoms with van der Waals surface area (Å²) in [6.07, 6.45) is 1.57. The molecule has 0 atom stereocenters. The second-order valence-corrected chi connectivity index (χ2v) is 3.08. The summed E-state index contributed by atoms with van der Waals surface area (Å²) >= 11 is 0. The molecule has 0 radical (unpaired) electrons. The SMILES string of the molecule is CNc1ccnc2c(F)ccc(OC)c12. The number of fused-ring (bicyclic) bond motifs is 1. The first kappa shape index (κ1) is 9.71. The first-order valence-corrected chi connectivity index (χ1v) is 4.57. The smallest absolute Gasteiger partial charge is 0.149 e. The molecule has 0 fully saturated rings. The highest BCUT2D eigenvalue weighted by Gasteiger charge is 2.10. The number of anilines is 1. The Balaban J connectivity index is 2.87. The van der Waals surface area contributed by atoms with Crippen molar-refractivity contribution >= 4 is 16.6 Å². The molecule has 0 amide bonds. The average molecular weight is 206 g/mol. The number of nitrogens with zero attached hydrogens (tertiary/aromatic N) is 1. The molecule has 0 bridgehead atoms. The Morgan fingerprint density at radius 3 is 2.80 bits per heavy atom. The van der Waals surface area contributed by atoms with Crippen LogP contribution >= 0.6 is 0 Å². The molecule has 0 saturated heterocycles. The van der Waals surface area contributed by atoms with Gasteiger partial charge in [0, 0.05) is 18.9 Å². The molecule has 0 aliphatic rings. The lowest BCUT2D eigenvalue weighted by Gasteiger charge is -2.09. The van der Waals surface area contributed by atoms with Crippen molar-refractivity contribution in [2.45, 2.75) is 0 Å². The van der Waals surface area contributed by atoms with E-state index in [1.54, 1.807) is 32.5 Å². The number of hydrogen-bond donors (Lipinski definition) is 1. The summed E-state index contributed by atoms with van der Waals surface area (Å²) in [5.74, 6) is 0.270. The Labute approximate surface area is 86.9 Å². The molecule has 1 aromatic carbocycles. The normalized spacial score (nSPS) is 10.3. The van der Waals surface area contributed by atoms with Crippen molar-refractivity contribution in [3.63, 3.8) is 0 Å². The van der Waals surface area contributed by atoms with Gasteiger partial charge in [0.2, 0.25) is 0 Å². The topological polar surface area (TPSA) is 34.2 Å². The third kappa shape index (κ3) is 1.48. The third-order valence-corrected chi connectivity index (χ3v) is 2.29. The van der Waals surface area contributed by atoms with Crippen molar-refractivity contribution in [1.29, 1.82) is 0 Å². The molecule has 78 valence electrons. The molecule has 1 N–H and O–H groups in total. The highest BCUT2D eigenvalue weighted by molar-refractivity contribution is 5.96. The summed E-state index contributed by atoms with van der Waals surface area (Å²) in [5, 5.41) is 3.65. The molecule has 0 saturated carbocycles. The maximum absolute atomic E-state index is 13.5. The van der Waals surface area contributed by atoms with Crippen molar-refractivity contribution in [2.75, 3.05) is 19.5 Å². The lowest BCUT2D eigenvalue weighted by atomic mass is 10.1. The molecule has 1 aromatic heterocycles. The quantitative estimate of drug-likeness (QED) is 0.819. The van der Waals surface area contributed by atoms with Gasteiger partial charge < -0.3 is 10.1 Å². The molecular weight excluding hydrogens is 195 g/mol. The minimum atomic E-state index is -0.345. The predicted molar refractivity (Wildman–Crippen MR) is 57.8 cm³/mol. The van der Waals surface area contributed by atoms with Crippen molar-refractivity contribution in [3.05, 3.63) is 30.2 Å². The van der Waals surface area contributed by atoms with Gasteiger partial charge in [0.25, 0.3) is 0 Å². The summed E-state index contributed by atoms with van der Waals surface area (Å²) in [6.45, 7) is 0. The molecule has 4 heteroatoms. The van der Waals surface area contributed by atoms with Crippen molar-refractivity contribution < 1.29 is 9.13 Å². The number of nitrogens with one attached hydrogen (secondary N) is 1. The lowest BCUT2D eigenvalue weighted by Crippen LogP contribution is -1.95. The fourth-order valence-electron chi connectivity index (χ4n) is 1.58. The molecule has 0 aliphatic heterocycles. The zero-order valence-electron chi connectivity index (χ0n) is 8.54. The van der Waals surface area contributed by atoms with Gasteiger partial charge in [-0.15, -0.1) is 0 Å². The van der Waals surface area contributed by atoms with Gasteiger partial charge in [-0.05, 0) is 18.2 Å². The number of rotatable bonds is 2. The molecule has 2 rings (SSSR count). The van der Waals surface area contributed by atoms with E-state index in [9.17, 15) is 4.39 Å². The number of hydrogen-bond acceptors (Lipinski definition) is 3. The summed E-state index contributed by atoms with van der Waals surface area (Å²) in [4.78, 5) is 4.00. The van der Waals surface area contributed by atoms with Crippen LogP contribution in [0, 0.1) is 5.82 Å². The van der Waals surface area contributed by atoms with Gasteiger partial charge in [-0.25, -0.2) is 4.39 Å². The van der Waals surface area contributed by atoms with Crippen molar-refractivity contribution in [1.82, 2.24) is 4.98 Å². The maximum Gasteiger partial charge on any atom is 0.149 e. The van der Waals surface area contributed by atoms with Crippen molar-refractivity contribution in [2.24, 2.45) is 0 Å². The summed E-state index contributed by atoms with van der Waals surface area (Å²) in [6, 6.07) is 4.73. The molecule has 15 heavy (non-hydrogen) atoms. The fourth-order valence-corrected chi connectivity index (χ4v) is 1.58. The fraction of sp³-hybridized carbons (Fsp3) is 0.182. The zero-order chi connectivity index (χ0) is 10.8. The average Bonchev–Trinajstić information content (AvgIpc) is 2.29. The van der Waals surface area contributed by atoms with E-state index in [1.165, 1.54) is 6.07 Å². The van der Waals surface area contributed by atoms with Gasteiger partial charge in [-0.1, -0.05) is 0 Å². The lowest BCUT2D eigenvalue weighted by molar-refractivity contribution is 0.419. The number of ether oxygens (including phenoxy) is 1. The summed E-state index contributed by atoms with van der Waals surface area (Å²) < 4.78 is 18.7. The van der Waals surface area contributed by atoms with E-state index < -0.39 is 0 Å². The highest BCUT2D eigenvalue weighted by Crippen LogP contribution is 2.32. The molecule has 2 aromatic rings. The van der Waals surface area contributed by atoms with Crippen LogP contribution in [0.4, 0.5) is 10.1 Å². The van der Waals surface area contributed by atoms with Crippen LogP contribution in [-0.4, -0.2) is 19.1 Å². The Hall–Kier alpha value is -1.84. The Bertz CT molecular complexity index is 489. The molecule has 0 spiro atoms. The van der Waals surface area contributed by atoms with E-state index in [1.807, 2.05) is 0 Å². The van der Waals surface area contributed by atoms with Gasteiger partial charge >= 0.3 is 0 Å². The maximum atomic E-state index is 13.5. The zero-order valence-corrected chi connectivity index (χ0v) is 8.54. The van der Waals surface area contributed by atoms with Crippen LogP contribution in [-0.2, 0) is 0 Å². The number of aromatic nitrogens is 1. The predicted octanol–water partition coefficient (Wildman–Crippen LogP) is 2.42. The highest BCUT2D eigenvalue weighted by atomic mass is 19.1. The molecule has 3 nitrogen and oxygen atoms in total. The van der Waals surface area contributed by atoms with E-state index in [0.717, 1.165) is 5.69 Å². The van der Waals surface area contributed by atoms with Crippen LogP contribution in [0.2, 0.25) is 0 Å². The van der Waals surface area contributed by atoms with Gasteiger partial charge in [0.05, 0.1) is 12.5 Å². The van der Waals surface area contributed by atoms with Gasteiger partial charge in [-0.3, -0.25) is 4.98 Å². The van der Waals surface area contributed by atoms with Crippen LogP contribution < -0.4 is 10.1 Å². The Morgan fingerprint density at radius 1 is 1.33 bits per heavy atom. The minimum Gasteiger partial charge on any atom is -0.496 e. The van der Waals surface area contributed by atoms with E-state index in [4.69, 9.17) is 4.74 Å². The van der Waals surface area contributed by atoms with E-state index in [2.05, 4.69) is 10.3 Å². The monoisotopic (exact) mass is 206 g/mol. The van der Waals surface area contributed by atoms with E-state index >= 15 is 0 Å². The summed E-state index contributed by atoms with van der Waals surface area (Å²) in [7, 11) is 3.33. The second kappa shape index (κ2) is 3.73. The second-order valence-electron chi connectivity index (χ2n) is 3.08. The van der Waals surface area contributed by atoms with Crippen LogP contribution in [0.25, 0.3) is 10.9 Å². The molecule has 0 unspecified atom stereocenters. The number of pyridine rings is 1. The summed E-state index contributed by atoms with van der Waals surface area (Å²) in [5.41, 5.74) is 1.12. The number of methoxy groups -OCH3 is 1. The molecule has 0 aliphatic carbocycles. The Morgan fingerprint density at radius 2 is 2.13 bits per heavy atom. The van der Waals surface area contributed by atoms with Crippen LogP contribution in [0.3, 0.4) is 0 Å². The minimum absolute atomic E-state index is 0.321. The standard InChI is InChI=1S/C11H11FN2O/c1-13-8-5-6-14-11-7(12)3-4-9(15-2)10(8)11/h3-6H,1-2H3,(H,13,14). The number of benzene rings is 1. The van der Waals surface area contributed by atoms with Gasteiger partial charge in [0.1, 0.15) is 17.1 Å². The number of halogens is 1. The molecule has 1 heterocycles. The first-order chi connectivity index (χ1) is 7.27. The van der Waals surface area contributed by atoms with Gasteiger partial charge in [-0.2, -0.15) is 0 Å².